The number of carbonyl (C=O) groups excluding carboxylic acids is 1. The molecule has 3 N–H and O–H groups in total. The van der Waals surface area contributed by atoms with Crippen LogP contribution in [0.3, 0.4) is 0 Å². The van der Waals surface area contributed by atoms with E-state index in [9.17, 15) is 9.18 Å². The van der Waals surface area contributed by atoms with Crippen LogP contribution in [-0.4, -0.2) is 38.3 Å². The van der Waals surface area contributed by atoms with Crippen molar-refractivity contribution in [1.29, 1.82) is 0 Å². The smallest absolute Gasteiger partial charge is 0.226 e. The van der Waals surface area contributed by atoms with Gasteiger partial charge < -0.3 is 20.5 Å². The van der Waals surface area contributed by atoms with Gasteiger partial charge in [0.2, 0.25) is 5.91 Å². The van der Waals surface area contributed by atoms with E-state index in [1.54, 1.807) is 7.11 Å². The maximum absolute atomic E-state index is 13.3. The summed E-state index contributed by atoms with van der Waals surface area (Å²) in [7, 11) is 1.77. The number of carbonyl (C=O) groups is 1. The molecule has 1 unspecified atom stereocenters. The molecule has 2 bridgehead atoms. The van der Waals surface area contributed by atoms with Crippen molar-refractivity contribution in [2.75, 3.05) is 20.3 Å². The van der Waals surface area contributed by atoms with Crippen molar-refractivity contribution in [2.24, 2.45) is 11.1 Å². The Morgan fingerprint density at radius 1 is 1.16 bits per heavy atom. The maximum Gasteiger partial charge on any atom is 0.226 e. The average molecular weight is 445 g/mol. The number of fused-ring (bicyclic) bond motifs is 3. The molecule has 4 saturated carbocycles. The van der Waals surface area contributed by atoms with E-state index in [0.29, 0.717) is 11.9 Å². The third kappa shape index (κ3) is 4.72. The third-order valence-corrected chi connectivity index (χ3v) is 8.33. The van der Waals surface area contributed by atoms with E-state index < -0.39 is 0 Å². The molecular weight excluding hydrogens is 407 g/mol. The van der Waals surface area contributed by atoms with Crippen molar-refractivity contribution < 1.29 is 18.7 Å². The first kappa shape index (κ1) is 23.2. The molecule has 4 fully saturated rings. The van der Waals surface area contributed by atoms with Crippen molar-refractivity contribution in [1.82, 2.24) is 5.32 Å². The van der Waals surface area contributed by atoms with Gasteiger partial charge in [-0.15, -0.1) is 0 Å². The number of rotatable bonds is 8. The van der Waals surface area contributed by atoms with E-state index in [2.05, 4.69) is 17.4 Å². The number of benzene rings is 1. The molecule has 0 aromatic heterocycles. The molecule has 1 amide bonds. The number of ether oxygens (including phenoxy) is 2. The molecule has 1 aromatic carbocycles. The van der Waals surface area contributed by atoms with Gasteiger partial charge in [0.1, 0.15) is 12.4 Å². The van der Waals surface area contributed by atoms with Crippen LogP contribution in [0, 0.1) is 5.41 Å². The van der Waals surface area contributed by atoms with Gasteiger partial charge >= 0.3 is 0 Å². The first-order valence-electron chi connectivity index (χ1n) is 12.1. The number of methoxy groups -OCH3 is 1. The molecule has 4 aliphatic rings. The van der Waals surface area contributed by atoms with E-state index in [1.807, 2.05) is 12.1 Å². The zero-order valence-electron chi connectivity index (χ0n) is 19.2. The highest BCUT2D eigenvalue weighted by Gasteiger charge is 2.53. The standard InChI is InChI=1S/C26H37FN2O3/c1-31-23-4-2-3-21(15-23)29-24(30)26-12-9-25(10-13-26,11-14-26)20-5-7-22(8-6-20)32-18-19(16-27)17-28/h5-8,16,21,23H,2-4,9-15,17-18,28H2,1H3,(H,29,30)/b19-16+/t21?,23-,25?,26?/m1/s1. The Kier molecular flexibility index (Phi) is 7.21. The van der Waals surface area contributed by atoms with Crippen LogP contribution in [0.5, 0.6) is 5.75 Å². The molecule has 6 heteroatoms. The second-order valence-electron chi connectivity index (χ2n) is 10.0. The Labute approximate surface area is 190 Å². The summed E-state index contributed by atoms with van der Waals surface area (Å²) >= 11 is 0. The molecular formula is C26H37FN2O3. The molecule has 0 aliphatic heterocycles. The van der Waals surface area contributed by atoms with Crippen molar-refractivity contribution >= 4 is 5.91 Å². The van der Waals surface area contributed by atoms with E-state index in [1.165, 1.54) is 5.56 Å². The van der Waals surface area contributed by atoms with Crippen molar-refractivity contribution in [3.05, 3.63) is 41.7 Å². The molecule has 1 aromatic rings. The Hall–Kier alpha value is -1.92. The lowest BCUT2D eigenvalue weighted by Gasteiger charge is -2.53. The molecule has 0 saturated heterocycles. The molecule has 5 nitrogen and oxygen atoms in total. The Bertz CT molecular complexity index is 798. The van der Waals surface area contributed by atoms with Gasteiger partial charge in [-0.3, -0.25) is 4.79 Å². The lowest BCUT2D eigenvalue weighted by Crippen LogP contribution is -2.54. The van der Waals surface area contributed by atoms with Crippen molar-refractivity contribution in [3.8, 4) is 5.75 Å². The average Bonchev–Trinajstić information content (AvgIpc) is 2.86. The number of nitrogens with one attached hydrogen (secondary N) is 1. The van der Waals surface area contributed by atoms with Crippen molar-refractivity contribution in [3.63, 3.8) is 0 Å². The minimum atomic E-state index is -0.192. The van der Waals surface area contributed by atoms with Crippen LogP contribution in [0.25, 0.3) is 0 Å². The summed E-state index contributed by atoms with van der Waals surface area (Å²) in [5, 5.41) is 3.39. The predicted octanol–water partition coefficient (Wildman–Crippen LogP) is 4.54. The topological polar surface area (TPSA) is 73.6 Å². The van der Waals surface area contributed by atoms with Gasteiger partial charge in [0.05, 0.1) is 12.4 Å². The monoisotopic (exact) mass is 444 g/mol. The number of halogens is 1. The van der Waals surface area contributed by atoms with Gasteiger partial charge in [-0.25, -0.2) is 4.39 Å². The zero-order valence-corrected chi connectivity index (χ0v) is 19.2. The van der Waals surface area contributed by atoms with Crippen molar-refractivity contribution in [2.45, 2.75) is 81.8 Å². The van der Waals surface area contributed by atoms with E-state index >= 15 is 0 Å². The lowest BCUT2D eigenvalue weighted by molar-refractivity contribution is -0.139. The number of nitrogens with two attached hydrogens (primary N) is 1. The maximum atomic E-state index is 13.3. The molecule has 32 heavy (non-hydrogen) atoms. The van der Waals surface area contributed by atoms with Gasteiger partial charge in [0.15, 0.2) is 0 Å². The third-order valence-electron chi connectivity index (χ3n) is 8.33. The molecule has 0 heterocycles. The highest BCUT2D eigenvalue weighted by Crippen LogP contribution is 2.58. The molecule has 0 radical (unpaired) electrons. The fourth-order valence-electron chi connectivity index (χ4n) is 6.00. The van der Waals surface area contributed by atoms with Gasteiger partial charge in [-0.2, -0.15) is 0 Å². The highest BCUT2D eigenvalue weighted by molar-refractivity contribution is 5.83. The summed E-state index contributed by atoms with van der Waals surface area (Å²) in [5.41, 5.74) is 7.22. The summed E-state index contributed by atoms with van der Waals surface area (Å²) in [5.74, 6) is 0.994. The van der Waals surface area contributed by atoms with Crippen LogP contribution in [0.15, 0.2) is 36.2 Å². The largest absolute Gasteiger partial charge is 0.489 e. The van der Waals surface area contributed by atoms with Crippen LogP contribution in [0.2, 0.25) is 0 Å². The van der Waals surface area contributed by atoms with Gasteiger partial charge in [-0.1, -0.05) is 12.1 Å². The van der Waals surface area contributed by atoms with E-state index in [-0.39, 0.29) is 42.0 Å². The molecule has 176 valence electrons. The van der Waals surface area contributed by atoms with Crippen LogP contribution < -0.4 is 15.8 Å². The Balaban J connectivity index is 1.34. The second kappa shape index (κ2) is 9.92. The predicted molar refractivity (Wildman–Crippen MR) is 123 cm³/mol. The summed E-state index contributed by atoms with van der Waals surface area (Å²) < 4.78 is 23.9. The summed E-state index contributed by atoms with van der Waals surface area (Å²) in [6.07, 6.45) is 11.0. The van der Waals surface area contributed by atoms with Gasteiger partial charge in [0, 0.05) is 30.7 Å². The van der Waals surface area contributed by atoms with Crippen LogP contribution in [0.1, 0.15) is 69.8 Å². The Morgan fingerprint density at radius 2 is 1.84 bits per heavy atom. The summed E-state index contributed by atoms with van der Waals surface area (Å²) in [6, 6.07) is 8.47. The zero-order chi connectivity index (χ0) is 22.6. The van der Waals surface area contributed by atoms with E-state index in [4.69, 9.17) is 15.2 Å². The minimum absolute atomic E-state index is 0.154. The number of hydrogen-bond donors (Lipinski definition) is 2. The number of amides is 1. The molecule has 5 rings (SSSR count). The minimum Gasteiger partial charge on any atom is -0.489 e. The van der Waals surface area contributed by atoms with Crippen LogP contribution in [0.4, 0.5) is 4.39 Å². The van der Waals surface area contributed by atoms with E-state index in [0.717, 1.165) is 70.0 Å². The molecule has 2 atom stereocenters. The first-order chi connectivity index (χ1) is 15.5. The highest BCUT2D eigenvalue weighted by atomic mass is 19.1. The molecule has 4 aliphatic carbocycles. The van der Waals surface area contributed by atoms with Crippen LogP contribution >= 0.6 is 0 Å². The SMILES string of the molecule is CO[C@@H]1CCCC(NC(=O)C23CCC(c4ccc(OC/C(=C/F)CN)cc4)(CC2)CC3)C1. The fraction of sp³-hybridized carbons (Fsp3) is 0.654. The first-order valence-corrected chi connectivity index (χ1v) is 12.1. The quantitative estimate of drug-likeness (QED) is 0.617. The molecule has 0 spiro atoms. The fourth-order valence-corrected chi connectivity index (χ4v) is 6.00. The lowest BCUT2D eigenvalue weighted by atomic mass is 9.51. The second-order valence-corrected chi connectivity index (χ2v) is 10.0. The number of hydrogen-bond acceptors (Lipinski definition) is 4. The summed E-state index contributed by atoms with van der Waals surface area (Å²) in [4.78, 5) is 13.3. The summed E-state index contributed by atoms with van der Waals surface area (Å²) in [6.45, 7) is 0.321. The van der Waals surface area contributed by atoms with Gasteiger partial charge in [-0.05, 0) is 87.3 Å². The van der Waals surface area contributed by atoms with Gasteiger partial charge in [0.25, 0.3) is 0 Å². The normalized spacial score (nSPS) is 32.5. The Morgan fingerprint density at radius 3 is 2.44 bits per heavy atom. The van der Waals surface area contributed by atoms with Crippen LogP contribution in [-0.2, 0) is 14.9 Å².